The highest BCUT2D eigenvalue weighted by atomic mass is 16.3. The number of piperazine rings is 1. The fourth-order valence-electron chi connectivity index (χ4n) is 2.78. The zero-order valence-electron chi connectivity index (χ0n) is 11.8. The molecule has 0 atom stereocenters. The number of hydrogen-bond donors (Lipinski definition) is 1. The van der Waals surface area contributed by atoms with Crippen molar-refractivity contribution in [3.05, 3.63) is 24.2 Å². The zero-order valence-corrected chi connectivity index (χ0v) is 11.8. The molecule has 4 heteroatoms. The third-order valence-electron chi connectivity index (χ3n) is 3.66. The minimum Gasteiger partial charge on any atom is -0.472 e. The van der Waals surface area contributed by atoms with Crippen molar-refractivity contribution < 1.29 is 4.42 Å². The molecule has 102 valence electrons. The lowest BCUT2D eigenvalue weighted by atomic mass is 10.0. The third-order valence-corrected chi connectivity index (χ3v) is 3.66. The van der Waals surface area contributed by atoms with Crippen LogP contribution in [0, 0.1) is 0 Å². The Bertz CT molecular complexity index is 342. The van der Waals surface area contributed by atoms with E-state index in [0.717, 1.165) is 39.3 Å². The topological polar surface area (TPSA) is 31.7 Å². The van der Waals surface area contributed by atoms with Crippen molar-refractivity contribution in [1.82, 2.24) is 15.1 Å². The largest absolute Gasteiger partial charge is 0.472 e. The van der Waals surface area contributed by atoms with Gasteiger partial charge in [-0.1, -0.05) is 0 Å². The molecule has 0 aromatic carbocycles. The predicted molar refractivity (Wildman–Crippen MR) is 73.6 cm³/mol. The fourth-order valence-corrected chi connectivity index (χ4v) is 2.78. The average molecular weight is 251 g/mol. The molecule has 0 unspecified atom stereocenters. The van der Waals surface area contributed by atoms with Crippen LogP contribution < -0.4 is 5.32 Å². The SMILES string of the molecule is CN(Cc1ccoc1)CC(C)(C)N1CCNCC1. The van der Waals surface area contributed by atoms with Crippen LogP contribution in [0.4, 0.5) is 0 Å². The van der Waals surface area contributed by atoms with Gasteiger partial charge >= 0.3 is 0 Å². The van der Waals surface area contributed by atoms with Crippen molar-refractivity contribution in [2.45, 2.75) is 25.9 Å². The standard InChI is InChI=1S/C14H25N3O/c1-14(2,17-7-5-15-6-8-17)12-16(3)10-13-4-9-18-11-13/h4,9,11,15H,5-8,10,12H2,1-3H3. The van der Waals surface area contributed by atoms with E-state index in [4.69, 9.17) is 4.42 Å². The van der Waals surface area contributed by atoms with Crippen LogP contribution in [0.3, 0.4) is 0 Å². The summed E-state index contributed by atoms with van der Waals surface area (Å²) in [6.07, 6.45) is 3.57. The minimum atomic E-state index is 0.223. The van der Waals surface area contributed by atoms with Gasteiger partial charge in [0.2, 0.25) is 0 Å². The molecule has 1 aliphatic rings. The number of nitrogens with zero attached hydrogens (tertiary/aromatic N) is 2. The first-order valence-corrected chi connectivity index (χ1v) is 6.73. The first kappa shape index (κ1) is 13.6. The Morgan fingerprint density at radius 2 is 2.11 bits per heavy atom. The highest BCUT2D eigenvalue weighted by molar-refractivity contribution is 5.05. The van der Waals surface area contributed by atoms with Gasteiger partial charge in [-0.05, 0) is 27.0 Å². The first-order chi connectivity index (χ1) is 8.58. The number of likely N-dealkylation sites (N-methyl/N-ethyl adjacent to an activating group) is 1. The van der Waals surface area contributed by atoms with E-state index in [1.807, 2.05) is 12.3 Å². The van der Waals surface area contributed by atoms with E-state index >= 15 is 0 Å². The van der Waals surface area contributed by atoms with Gasteiger partial charge in [-0.3, -0.25) is 4.90 Å². The van der Waals surface area contributed by atoms with Gasteiger partial charge in [0.25, 0.3) is 0 Å². The monoisotopic (exact) mass is 251 g/mol. The summed E-state index contributed by atoms with van der Waals surface area (Å²) in [6, 6.07) is 2.04. The summed E-state index contributed by atoms with van der Waals surface area (Å²) in [6.45, 7) is 11.2. The fraction of sp³-hybridized carbons (Fsp3) is 0.714. The smallest absolute Gasteiger partial charge is 0.0947 e. The van der Waals surface area contributed by atoms with E-state index in [-0.39, 0.29) is 5.54 Å². The molecule has 18 heavy (non-hydrogen) atoms. The van der Waals surface area contributed by atoms with Crippen molar-refractivity contribution in [2.24, 2.45) is 0 Å². The molecule has 2 heterocycles. The summed E-state index contributed by atoms with van der Waals surface area (Å²) < 4.78 is 5.12. The first-order valence-electron chi connectivity index (χ1n) is 6.73. The second kappa shape index (κ2) is 5.87. The second-order valence-corrected chi connectivity index (χ2v) is 5.85. The van der Waals surface area contributed by atoms with E-state index in [1.54, 1.807) is 6.26 Å². The summed E-state index contributed by atoms with van der Waals surface area (Å²) in [5, 5.41) is 3.41. The van der Waals surface area contributed by atoms with E-state index < -0.39 is 0 Å². The molecule has 0 spiro atoms. The summed E-state index contributed by atoms with van der Waals surface area (Å²) in [5.74, 6) is 0. The van der Waals surface area contributed by atoms with Crippen LogP contribution in [0.15, 0.2) is 23.0 Å². The molecular weight excluding hydrogens is 226 g/mol. The summed E-state index contributed by atoms with van der Waals surface area (Å²) in [4.78, 5) is 4.95. The predicted octanol–water partition coefficient (Wildman–Crippen LogP) is 1.40. The second-order valence-electron chi connectivity index (χ2n) is 5.85. The van der Waals surface area contributed by atoms with Crippen LogP contribution in [0.5, 0.6) is 0 Å². The van der Waals surface area contributed by atoms with Gasteiger partial charge in [-0.2, -0.15) is 0 Å². The average Bonchev–Trinajstić information content (AvgIpc) is 2.82. The van der Waals surface area contributed by atoms with Gasteiger partial charge in [0.15, 0.2) is 0 Å². The van der Waals surface area contributed by atoms with Gasteiger partial charge < -0.3 is 14.6 Å². The molecule has 0 saturated carbocycles. The van der Waals surface area contributed by atoms with E-state index in [2.05, 4.69) is 36.0 Å². The molecule has 1 aliphatic heterocycles. The van der Waals surface area contributed by atoms with Crippen molar-refractivity contribution in [3.8, 4) is 0 Å². The van der Waals surface area contributed by atoms with Gasteiger partial charge in [0, 0.05) is 50.4 Å². The molecule has 1 aromatic heterocycles. The number of furan rings is 1. The molecule has 0 bridgehead atoms. The van der Waals surface area contributed by atoms with Gasteiger partial charge in [-0.25, -0.2) is 0 Å². The van der Waals surface area contributed by atoms with Gasteiger partial charge in [0.1, 0.15) is 0 Å². The Morgan fingerprint density at radius 3 is 2.72 bits per heavy atom. The van der Waals surface area contributed by atoms with Crippen LogP contribution in [-0.2, 0) is 6.54 Å². The van der Waals surface area contributed by atoms with Crippen LogP contribution >= 0.6 is 0 Å². The van der Waals surface area contributed by atoms with Crippen molar-refractivity contribution >= 4 is 0 Å². The summed E-state index contributed by atoms with van der Waals surface area (Å²) in [7, 11) is 2.18. The lowest BCUT2D eigenvalue weighted by Gasteiger charge is -2.43. The quantitative estimate of drug-likeness (QED) is 0.857. The Morgan fingerprint density at radius 1 is 1.39 bits per heavy atom. The van der Waals surface area contributed by atoms with Crippen LogP contribution in [0.1, 0.15) is 19.4 Å². The Balaban J connectivity index is 1.86. The Hall–Kier alpha value is -0.840. The highest BCUT2D eigenvalue weighted by Gasteiger charge is 2.28. The van der Waals surface area contributed by atoms with Gasteiger partial charge in [0.05, 0.1) is 12.5 Å². The molecule has 0 radical (unpaired) electrons. The van der Waals surface area contributed by atoms with Crippen molar-refractivity contribution in [2.75, 3.05) is 39.8 Å². The molecule has 2 rings (SSSR count). The zero-order chi connectivity index (χ0) is 13.0. The Labute approximate surface area is 110 Å². The molecule has 1 saturated heterocycles. The van der Waals surface area contributed by atoms with Crippen molar-refractivity contribution in [1.29, 1.82) is 0 Å². The maximum atomic E-state index is 5.12. The lowest BCUT2D eigenvalue weighted by molar-refractivity contribution is 0.0693. The number of nitrogens with one attached hydrogen (secondary N) is 1. The van der Waals surface area contributed by atoms with Crippen LogP contribution in [0.2, 0.25) is 0 Å². The lowest BCUT2D eigenvalue weighted by Crippen LogP contribution is -2.57. The third kappa shape index (κ3) is 3.57. The number of hydrogen-bond acceptors (Lipinski definition) is 4. The van der Waals surface area contributed by atoms with Crippen molar-refractivity contribution in [3.63, 3.8) is 0 Å². The normalized spacial score (nSPS) is 18.4. The van der Waals surface area contributed by atoms with Gasteiger partial charge in [-0.15, -0.1) is 0 Å². The minimum absolute atomic E-state index is 0.223. The molecular formula is C14H25N3O. The van der Waals surface area contributed by atoms with E-state index in [0.29, 0.717) is 0 Å². The molecule has 0 aliphatic carbocycles. The van der Waals surface area contributed by atoms with E-state index in [9.17, 15) is 0 Å². The Kier molecular flexibility index (Phi) is 4.43. The van der Waals surface area contributed by atoms with E-state index in [1.165, 1.54) is 5.56 Å². The molecule has 1 aromatic rings. The maximum Gasteiger partial charge on any atom is 0.0947 e. The van der Waals surface area contributed by atoms with Crippen LogP contribution in [0.25, 0.3) is 0 Å². The summed E-state index contributed by atoms with van der Waals surface area (Å²) in [5.41, 5.74) is 1.47. The highest BCUT2D eigenvalue weighted by Crippen LogP contribution is 2.17. The number of rotatable bonds is 5. The molecule has 1 N–H and O–H groups in total. The maximum absolute atomic E-state index is 5.12. The molecule has 0 amide bonds. The molecule has 4 nitrogen and oxygen atoms in total. The van der Waals surface area contributed by atoms with Crippen LogP contribution in [-0.4, -0.2) is 55.1 Å². The summed E-state index contributed by atoms with van der Waals surface area (Å²) >= 11 is 0. The molecule has 1 fully saturated rings.